The Morgan fingerprint density at radius 2 is 2.05 bits per heavy atom. The fraction of sp³-hybridized carbons (Fsp3) is 0.250. The molecular weight excluding hydrogens is 304 g/mol. The molecule has 0 fully saturated rings. The molecule has 0 aliphatic carbocycles. The van der Waals surface area contributed by atoms with Crippen LogP contribution in [0.1, 0.15) is 22.8 Å². The summed E-state index contributed by atoms with van der Waals surface area (Å²) < 4.78 is 10.5. The number of aromatic nitrogens is 1. The molecule has 0 saturated carbocycles. The van der Waals surface area contributed by atoms with Crippen molar-refractivity contribution < 1.29 is 14.3 Å². The number of benzene rings is 1. The lowest BCUT2D eigenvalue weighted by atomic mass is 10.1. The summed E-state index contributed by atoms with van der Waals surface area (Å²) in [5, 5.41) is 3.53. The van der Waals surface area contributed by atoms with Crippen LogP contribution in [0.4, 0.5) is 5.69 Å². The minimum Gasteiger partial charge on any atom is -0.497 e. The first kappa shape index (κ1) is 16.1. The van der Waals surface area contributed by atoms with Gasteiger partial charge in [-0.05, 0) is 25.1 Å². The Morgan fingerprint density at radius 3 is 2.68 bits per heavy atom. The molecule has 0 spiro atoms. The summed E-state index contributed by atoms with van der Waals surface area (Å²) in [5.41, 5.74) is 2.08. The highest BCUT2D eigenvalue weighted by Crippen LogP contribution is 2.26. The van der Waals surface area contributed by atoms with Crippen molar-refractivity contribution in [2.75, 3.05) is 19.5 Å². The van der Waals surface area contributed by atoms with E-state index < -0.39 is 0 Å². The second-order valence-electron chi connectivity index (χ2n) is 4.64. The molecule has 2 rings (SSSR count). The van der Waals surface area contributed by atoms with Crippen LogP contribution < -0.4 is 14.8 Å². The second-order valence-corrected chi connectivity index (χ2v) is 5.03. The highest BCUT2D eigenvalue weighted by molar-refractivity contribution is 6.29. The fourth-order valence-electron chi connectivity index (χ4n) is 2.05. The third kappa shape index (κ3) is 3.68. The predicted molar refractivity (Wildman–Crippen MR) is 86.1 cm³/mol. The first-order valence-electron chi connectivity index (χ1n) is 6.66. The van der Waals surface area contributed by atoms with Crippen molar-refractivity contribution in [1.82, 2.24) is 4.98 Å². The Balaban J connectivity index is 2.23. The quantitative estimate of drug-likeness (QED) is 0.651. The maximum atomic E-state index is 11.6. The van der Waals surface area contributed by atoms with E-state index in [1.807, 2.05) is 18.2 Å². The zero-order valence-corrected chi connectivity index (χ0v) is 13.4. The van der Waals surface area contributed by atoms with E-state index >= 15 is 0 Å². The maximum Gasteiger partial charge on any atom is 0.163 e. The second kappa shape index (κ2) is 7.13. The standard InChI is InChI=1S/C16H17ClN2O3/c1-10(20)13-9-19-16(17)7-14(13)18-8-11-4-5-12(21-2)6-15(11)22-3/h4-7,9H,8H2,1-3H3,(H,18,19). The van der Waals surface area contributed by atoms with E-state index in [2.05, 4.69) is 10.3 Å². The van der Waals surface area contributed by atoms with E-state index in [-0.39, 0.29) is 5.78 Å². The molecule has 0 aliphatic rings. The van der Waals surface area contributed by atoms with Crippen molar-refractivity contribution in [2.45, 2.75) is 13.5 Å². The highest BCUT2D eigenvalue weighted by Gasteiger charge is 2.10. The lowest BCUT2D eigenvalue weighted by Gasteiger charge is -2.13. The first-order chi connectivity index (χ1) is 10.5. The molecular formula is C16H17ClN2O3. The molecule has 0 radical (unpaired) electrons. The number of rotatable bonds is 6. The molecule has 1 heterocycles. The Labute approximate surface area is 134 Å². The molecule has 0 atom stereocenters. The lowest BCUT2D eigenvalue weighted by molar-refractivity contribution is 0.101. The number of nitrogens with zero attached hydrogens (tertiary/aromatic N) is 1. The number of Topliss-reactive ketones (excluding diaryl/α,β-unsaturated/α-hetero) is 1. The predicted octanol–water partition coefficient (Wildman–Crippen LogP) is 3.57. The summed E-state index contributed by atoms with van der Waals surface area (Å²) in [5.74, 6) is 1.35. The van der Waals surface area contributed by atoms with Gasteiger partial charge in [0.1, 0.15) is 16.7 Å². The SMILES string of the molecule is COc1ccc(CNc2cc(Cl)ncc2C(C)=O)c(OC)c1. The van der Waals surface area contributed by atoms with Crippen LogP contribution >= 0.6 is 11.6 Å². The number of pyridine rings is 1. The van der Waals surface area contributed by atoms with Crippen LogP contribution in [0.3, 0.4) is 0 Å². The largest absolute Gasteiger partial charge is 0.497 e. The summed E-state index contributed by atoms with van der Waals surface area (Å²) in [6.45, 7) is 1.97. The molecule has 2 aromatic rings. The van der Waals surface area contributed by atoms with Gasteiger partial charge in [-0.15, -0.1) is 0 Å². The Morgan fingerprint density at radius 1 is 1.27 bits per heavy atom. The van der Waals surface area contributed by atoms with Gasteiger partial charge in [0.25, 0.3) is 0 Å². The van der Waals surface area contributed by atoms with Crippen molar-refractivity contribution in [1.29, 1.82) is 0 Å². The number of nitrogens with one attached hydrogen (secondary N) is 1. The van der Waals surface area contributed by atoms with Crippen LogP contribution in [-0.2, 0) is 6.54 Å². The average molecular weight is 321 g/mol. The minimum atomic E-state index is -0.0756. The van der Waals surface area contributed by atoms with Crippen molar-refractivity contribution in [3.05, 3.63) is 46.7 Å². The van der Waals surface area contributed by atoms with Gasteiger partial charge >= 0.3 is 0 Å². The van der Waals surface area contributed by atoms with Crippen LogP contribution in [0.2, 0.25) is 5.15 Å². The van der Waals surface area contributed by atoms with E-state index in [4.69, 9.17) is 21.1 Å². The number of anilines is 1. The monoisotopic (exact) mass is 320 g/mol. The molecule has 116 valence electrons. The molecule has 0 bridgehead atoms. The average Bonchev–Trinajstić information content (AvgIpc) is 2.52. The van der Waals surface area contributed by atoms with E-state index in [1.54, 1.807) is 20.3 Å². The van der Waals surface area contributed by atoms with Crippen LogP contribution in [0.15, 0.2) is 30.5 Å². The minimum absolute atomic E-state index is 0.0756. The van der Waals surface area contributed by atoms with Gasteiger partial charge in [-0.3, -0.25) is 4.79 Å². The molecule has 5 nitrogen and oxygen atoms in total. The normalized spacial score (nSPS) is 10.2. The topological polar surface area (TPSA) is 60.5 Å². The highest BCUT2D eigenvalue weighted by atomic mass is 35.5. The third-order valence-corrected chi connectivity index (χ3v) is 3.42. The molecule has 0 amide bonds. The fourth-order valence-corrected chi connectivity index (χ4v) is 2.20. The number of hydrogen-bond acceptors (Lipinski definition) is 5. The number of halogens is 1. The molecule has 22 heavy (non-hydrogen) atoms. The number of ether oxygens (including phenoxy) is 2. The van der Waals surface area contributed by atoms with Crippen LogP contribution in [-0.4, -0.2) is 25.0 Å². The first-order valence-corrected chi connectivity index (χ1v) is 7.04. The Kier molecular flexibility index (Phi) is 5.22. The molecule has 0 saturated heterocycles. The zero-order chi connectivity index (χ0) is 16.1. The van der Waals surface area contributed by atoms with Gasteiger partial charge in [0.15, 0.2) is 5.78 Å². The number of ketones is 1. The molecule has 0 aliphatic heterocycles. The summed E-state index contributed by atoms with van der Waals surface area (Å²) >= 11 is 5.90. The van der Waals surface area contributed by atoms with Crippen molar-refractivity contribution in [3.8, 4) is 11.5 Å². The Bertz CT molecular complexity index is 689. The number of carbonyl (C=O) groups excluding carboxylic acids is 1. The van der Waals surface area contributed by atoms with Crippen LogP contribution in [0, 0.1) is 0 Å². The number of hydrogen-bond donors (Lipinski definition) is 1. The third-order valence-electron chi connectivity index (χ3n) is 3.21. The van der Waals surface area contributed by atoms with Gasteiger partial charge in [-0.1, -0.05) is 11.6 Å². The lowest BCUT2D eigenvalue weighted by Crippen LogP contribution is -2.07. The molecule has 1 aromatic heterocycles. The van der Waals surface area contributed by atoms with E-state index in [9.17, 15) is 4.79 Å². The molecule has 1 N–H and O–H groups in total. The van der Waals surface area contributed by atoms with E-state index in [0.29, 0.717) is 28.7 Å². The van der Waals surface area contributed by atoms with Gasteiger partial charge in [0.05, 0.1) is 19.8 Å². The Hall–Kier alpha value is -2.27. The van der Waals surface area contributed by atoms with Crippen LogP contribution in [0.25, 0.3) is 0 Å². The molecule has 0 unspecified atom stereocenters. The number of carbonyl (C=O) groups is 1. The van der Waals surface area contributed by atoms with Gasteiger partial charge in [0, 0.05) is 30.1 Å². The maximum absolute atomic E-state index is 11.6. The van der Waals surface area contributed by atoms with Crippen LogP contribution in [0.5, 0.6) is 11.5 Å². The zero-order valence-electron chi connectivity index (χ0n) is 12.6. The van der Waals surface area contributed by atoms with Crippen molar-refractivity contribution in [2.24, 2.45) is 0 Å². The molecule has 6 heteroatoms. The van der Waals surface area contributed by atoms with E-state index in [0.717, 1.165) is 11.3 Å². The molecule has 1 aromatic carbocycles. The van der Waals surface area contributed by atoms with Crippen molar-refractivity contribution >= 4 is 23.1 Å². The summed E-state index contributed by atoms with van der Waals surface area (Å²) in [4.78, 5) is 15.6. The van der Waals surface area contributed by atoms with Gasteiger partial charge < -0.3 is 14.8 Å². The summed E-state index contributed by atoms with van der Waals surface area (Å²) in [6.07, 6.45) is 1.47. The van der Waals surface area contributed by atoms with Gasteiger partial charge in [-0.2, -0.15) is 0 Å². The van der Waals surface area contributed by atoms with E-state index in [1.165, 1.54) is 13.1 Å². The van der Waals surface area contributed by atoms with Gasteiger partial charge in [0.2, 0.25) is 0 Å². The summed E-state index contributed by atoms with van der Waals surface area (Å²) in [7, 11) is 3.20. The van der Waals surface area contributed by atoms with Crippen molar-refractivity contribution in [3.63, 3.8) is 0 Å². The van der Waals surface area contributed by atoms with Gasteiger partial charge in [-0.25, -0.2) is 4.98 Å². The summed E-state index contributed by atoms with van der Waals surface area (Å²) in [6, 6.07) is 7.20. The number of methoxy groups -OCH3 is 2. The smallest absolute Gasteiger partial charge is 0.163 e.